The fourth-order valence-corrected chi connectivity index (χ4v) is 1.11. The number of aromatic amines is 1. The number of rotatable bonds is 6. The minimum Gasteiger partial charge on any atom is -0.395 e. The standard InChI is InChI=1S/C9H16N2O2/c1-13-7-9(6-12)11-5-8-3-2-4-10-8/h2-4,9-12H,5-7H2,1H3. The molecule has 1 aromatic rings. The van der Waals surface area contributed by atoms with Crippen molar-refractivity contribution in [2.45, 2.75) is 12.6 Å². The Morgan fingerprint density at radius 1 is 1.69 bits per heavy atom. The molecule has 4 nitrogen and oxygen atoms in total. The van der Waals surface area contributed by atoms with Crippen LogP contribution < -0.4 is 5.32 Å². The van der Waals surface area contributed by atoms with E-state index in [2.05, 4.69) is 10.3 Å². The van der Waals surface area contributed by atoms with E-state index >= 15 is 0 Å². The van der Waals surface area contributed by atoms with Gasteiger partial charge in [-0.3, -0.25) is 0 Å². The van der Waals surface area contributed by atoms with E-state index in [9.17, 15) is 0 Å². The van der Waals surface area contributed by atoms with Crippen molar-refractivity contribution in [2.75, 3.05) is 20.3 Å². The maximum absolute atomic E-state index is 8.93. The molecule has 0 saturated carbocycles. The lowest BCUT2D eigenvalue weighted by Gasteiger charge is -2.14. The van der Waals surface area contributed by atoms with Gasteiger partial charge in [0.25, 0.3) is 0 Å². The van der Waals surface area contributed by atoms with Gasteiger partial charge in [0.15, 0.2) is 0 Å². The van der Waals surface area contributed by atoms with Crippen molar-refractivity contribution in [2.24, 2.45) is 0 Å². The first-order valence-electron chi connectivity index (χ1n) is 4.32. The molecular weight excluding hydrogens is 168 g/mol. The lowest BCUT2D eigenvalue weighted by Crippen LogP contribution is -2.35. The van der Waals surface area contributed by atoms with E-state index in [-0.39, 0.29) is 12.6 Å². The first-order valence-corrected chi connectivity index (χ1v) is 4.32. The number of hydrogen-bond acceptors (Lipinski definition) is 3. The lowest BCUT2D eigenvalue weighted by atomic mass is 10.3. The summed E-state index contributed by atoms with van der Waals surface area (Å²) < 4.78 is 4.93. The number of nitrogens with one attached hydrogen (secondary N) is 2. The number of aliphatic hydroxyl groups is 1. The second kappa shape index (κ2) is 5.75. The summed E-state index contributed by atoms with van der Waals surface area (Å²) in [5, 5.41) is 12.1. The molecule has 13 heavy (non-hydrogen) atoms. The second-order valence-electron chi connectivity index (χ2n) is 2.91. The number of H-pyrrole nitrogens is 1. The SMILES string of the molecule is COCC(CO)NCc1ccc[nH]1. The van der Waals surface area contributed by atoms with Gasteiger partial charge in [-0.15, -0.1) is 0 Å². The molecule has 0 aromatic carbocycles. The van der Waals surface area contributed by atoms with E-state index in [0.717, 1.165) is 12.2 Å². The Morgan fingerprint density at radius 2 is 2.54 bits per heavy atom. The zero-order valence-corrected chi connectivity index (χ0v) is 7.79. The first kappa shape index (κ1) is 10.2. The summed E-state index contributed by atoms with van der Waals surface area (Å²) >= 11 is 0. The molecule has 0 aliphatic rings. The third-order valence-corrected chi connectivity index (χ3v) is 1.83. The number of aromatic nitrogens is 1. The molecule has 0 bridgehead atoms. The van der Waals surface area contributed by atoms with Crippen LogP contribution in [0.3, 0.4) is 0 Å². The highest BCUT2D eigenvalue weighted by molar-refractivity contribution is 5.03. The number of hydrogen-bond donors (Lipinski definition) is 3. The minimum atomic E-state index is 0.00769. The molecule has 0 amide bonds. The van der Waals surface area contributed by atoms with Crippen LogP contribution in [0.1, 0.15) is 5.69 Å². The van der Waals surface area contributed by atoms with Crippen LogP contribution in [0, 0.1) is 0 Å². The van der Waals surface area contributed by atoms with Gasteiger partial charge in [0.05, 0.1) is 19.3 Å². The van der Waals surface area contributed by atoms with E-state index in [1.54, 1.807) is 7.11 Å². The van der Waals surface area contributed by atoms with Gasteiger partial charge in [0, 0.05) is 25.5 Å². The molecule has 0 spiro atoms. The summed E-state index contributed by atoms with van der Waals surface area (Å²) in [6.07, 6.45) is 1.88. The fraction of sp³-hybridized carbons (Fsp3) is 0.556. The highest BCUT2D eigenvalue weighted by Crippen LogP contribution is 1.94. The largest absolute Gasteiger partial charge is 0.395 e. The van der Waals surface area contributed by atoms with E-state index in [1.165, 1.54) is 0 Å². The Labute approximate surface area is 77.9 Å². The average molecular weight is 184 g/mol. The summed E-state index contributed by atoms with van der Waals surface area (Å²) in [5.41, 5.74) is 1.11. The molecule has 74 valence electrons. The van der Waals surface area contributed by atoms with Crippen molar-refractivity contribution in [1.29, 1.82) is 0 Å². The molecule has 1 rings (SSSR count). The zero-order chi connectivity index (χ0) is 9.52. The molecule has 3 N–H and O–H groups in total. The predicted octanol–water partition coefficient (Wildman–Crippen LogP) is 0.112. The molecule has 1 unspecified atom stereocenters. The molecule has 1 aromatic heterocycles. The third kappa shape index (κ3) is 3.59. The minimum absolute atomic E-state index is 0.00769. The number of ether oxygens (including phenoxy) is 1. The Kier molecular flexibility index (Phi) is 4.53. The van der Waals surface area contributed by atoms with Crippen LogP contribution in [0.15, 0.2) is 18.3 Å². The van der Waals surface area contributed by atoms with Crippen LogP contribution in [0.25, 0.3) is 0 Å². The van der Waals surface area contributed by atoms with Crippen LogP contribution in [0.2, 0.25) is 0 Å². The Morgan fingerprint density at radius 3 is 3.08 bits per heavy atom. The van der Waals surface area contributed by atoms with Crippen molar-refractivity contribution < 1.29 is 9.84 Å². The predicted molar refractivity (Wildman–Crippen MR) is 50.4 cm³/mol. The molecule has 0 aliphatic carbocycles. The zero-order valence-electron chi connectivity index (χ0n) is 7.79. The van der Waals surface area contributed by atoms with Gasteiger partial charge in [0.2, 0.25) is 0 Å². The summed E-state index contributed by atoms with van der Waals surface area (Å²) in [7, 11) is 1.62. The quantitative estimate of drug-likeness (QED) is 0.588. The van der Waals surface area contributed by atoms with Crippen LogP contribution in [0.4, 0.5) is 0 Å². The molecule has 4 heteroatoms. The van der Waals surface area contributed by atoms with Crippen LogP contribution in [-0.4, -0.2) is 36.5 Å². The third-order valence-electron chi connectivity index (χ3n) is 1.83. The molecule has 0 aliphatic heterocycles. The van der Waals surface area contributed by atoms with Crippen molar-refractivity contribution in [1.82, 2.24) is 10.3 Å². The molecule has 0 fully saturated rings. The lowest BCUT2D eigenvalue weighted by molar-refractivity contribution is 0.128. The van der Waals surface area contributed by atoms with Gasteiger partial charge < -0.3 is 20.1 Å². The van der Waals surface area contributed by atoms with Gasteiger partial charge in [-0.1, -0.05) is 0 Å². The molecule has 1 atom stereocenters. The maximum Gasteiger partial charge on any atom is 0.0638 e. The van der Waals surface area contributed by atoms with Gasteiger partial charge >= 0.3 is 0 Å². The summed E-state index contributed by atoms with van der Waals surface area (Å²) in [5.74, 6) is 0. The Balaban J connectivity index is 2.23. The van der Waals surface area contributed by atoms with E-state index < -0.39 is 0 Å². The molecule has 1 heterocycles. The number of aliphatic hydroxyl groups excluding tert-OH is 1. The smallest absolute Gasteiger partial charge is 0.0638 e. The monoisotopic (exact) mass is 184 g/mol. The van der Waals surface area contributed by atoms with Gasteiger partial charge in [-0.25, -0.2) is 0 Å². The molecule has 0 radical (unpaired) electrons. The topological polar surface area (TPSA) is 57.3 Å². The molecule has 0 saturated heterocycles. The first-order chi connectivity index (χ1) is 6.36. The van der Waals surface area contributed by atoms with Crippen molar-refractivity contribution in [3.8, 4) is 0 Å². The van der Waals surface area contributed by atoms with Crippen molar-refractivity contribution in [3.05, 3.63) is 24.0 Å². The van der Waals surface area contributed by atoms with Crippen LogP contribution in [0.5, 0.6) is 0 Å². The Hall–Kier alpha value is -0.840. The highest BCUT2D eigenvalue weighted by atomic mass is 16.5. The summed E-state index contributed by atoms with van der Waals surface area (Å²) in [6.45, 7) is 1.34. The fourth-order valence-electron chi connectivity index (χ4n) is 1.11. The van der Waals surface area contributed by atoms with E-state index in [0.29, 0.717) is 6.61 Å². The van der Waals surface area contributed by atoms with Crippen LogP contribution >= 0.6 is 0 Å². The highest BCUT2D eigenvalue weighted by Gasteiger charge is 2.05. The van der Waals surface area contributed by atoms with Crippen LogP contribution in [-0.2, 0) is 11.3 Å². The van der Waals surface area contributed by atoms with E-state index in [1.807, 2.05) is 18.3 Å². The maximum atomic E-state index is 8.93. The van der Waals surface area contributed by atoms with Crippen molar-refractivity contribution >= 4 is 0 Å². The van der Waals surface area contributed by atoms with Crippen molar-refractivity contribution in [3.63, 3.8) is 0 Å². The van der Waals surface area contributed by atoms with E-state index in [4.69, 9.17) is 9.84 Å². The van der Waals surface area contributed by atoms with Gasteiger partial charge in [-0.2, -0.15) is 0 Å². The normalized spacial score (nSPS) is 13.1. The second-order valence-corrected chi connectivity index (χ2v) is 2.91. The average Bonchev–Trinajstić information content (AvgIpc) is 2.64. The summed E-state index contributed by atoms with van der Waals surface area (Å²) in [6, 6.07) is 3.95. The molecular formula is C9H16N2O2. The summed E-state index contributed by atoms with van der Waals surface area (Å²) in [4.78, 5) is 3.07. The van der Waals surface area contributed by atoms with Gasteiger partial charge in [0.1, 0.15) is 0 Å². The Bertz CT molecular complexity index is 211. The van der Waals surface area contributed by atoms with Gasteiger partial charge in [-0.05, 0) is 12.1 Å². The number of methoxy groups -OCH3 is 1.